The number of nitro benzene ring substituents is 1. The summed E-state index contributed by atoms with van der Waals surface area (Å²) in [5, 5.41) is 29.7. The molecule has 0 spiro atoms. The molecule has 0 bridgehead atoms. The predicted octanol–water partition coefficient (Wildman–Crippen LogP) is 6.92. The molecular formula is C28H21N3O4S. The summed E-state index contributed by atoms with van der Waals surface area (Å²) in [5.74, 6) is -1.01. The van der Waals surface area contributed by atoms with Gasteiger partial charge in [-0.2, -0.15) is 5.26 Å². The number of hydrogen-bond donors (Lipinski definition) is 1. The molecule has 0 aliphatic rings. The number of carbonyl (C=O) groups is 1. The lowest BCUT2D eigenvalue weighted by Gasteiger charge is -2.11. The van der Waals surface area contributed by atoms with Gasteiger partial charge in [0.2, 0.25) is 0 Å². The second-order valence-electron chi connectivity index (χ2n) is 8.06. The number of carboxylic acid groups (broad SMARTS) is 1. The highest BCUT2D eigenvalue weighted by Gasteiger charge is 2.12. The van der Waals surface area contributed by atoms with Gasteiger partial charge in [-0.3, -0.25) is 10.1 Å². The van der Waals surface area contributed by atoms with Crippen LogP contribution in [-0.4, -0.2) is 20.6 Å². The number of nitro groups is 1. The van der Waals surface area contributed by atoms with Crippen molar-refractivity contribution in [1.29, 1.82) is 5.26 Å². The molecule has 8 heteroatoms. The monoisotopic (exact) mass is 495 g/mol. The van der Waals surface area contributed by atoms with Crippen molar-refractivity contribution < 1.29 is 14.8 Å². The Bertz CT molecular complexity index is 1510. The van der Waals surface area contributed by atoms with E-state index in [2.05, 4.69) is 10.6 Å². The minimum Gasteiger partial charge on any atom is -0.478 e. The van der Waals surface area contributed by atoms with E-state index in [9.17, 15) is 20.2 Å². The summed E-state index contributed by atoms with van der Waals surface area (Å²) in [6.07, 6.45) is 1.81. The Morgan fingerprint density at radius 1 is 0.972 bits per heavy atom. The zero-order chi connectivity index (χ0) is 25.8. The van der Waals surface area contributed by atoms with Crippen molar-refractivity contribution >= 4 is 35.1 Å². The van der Waals surface area contributed by atoms with Crippen molar-refractivity contribution in [3.8, 4) is 11.8 Å². The summed E-state index contributed by atoms with van der Waals surface area (Å²) >= 11 is 1.52. The fourth-order valence-corrected chi connectivity index (χ4v) is 4.71. The molecule has 3 aromatic carbocycles. The third kappa shape index (κ3) is 5.22. The van der Waals surface area contributed by atoms with Crippen LogP contribution in [0.4, 0.5) is 5.69 Å². The molecule has 0 saturated carbocycles. The van der Waals surface area contributed by atoms with Gasteiger partial charge in [-0.05, 0) is 85.6 Å². The molecule has 1 heterocycles. The maximum absolute atomic E-state index is 11.1. The van der Waals surface area contributed by atoms with Crippen molar-refractivity contribution in [2.24, 2.45) is 0 Å². The molecule has 4 rings (SSSR count). The van der Waals surface area contributed by atoms with E-state index >= 15 is 0 Å². The Morgan fingerprint density at radius 2 is 1.53 bits per heavy atom. The maximum atomic E-state index is 11.1. The van der Waals surface area contributed by atoms with Gasteiger partial charge in [0.1, 0.15) is 0 Å². The number of aromatic nitrogens is 1. The molecule has 36 heavy (non-hydrogen) atoms. The normalized spacial score (nSPS) is 11.2. The average molecular weight is 496 g/mol. The Morgan fingerprint density at radius 3 is 2.06 bits per heavy atom. The fourth-order valence-electron chi connectivity index (χ4n) is 3.89. The Kier molecular flexibility index (Phi) is 7.04. The standard InChI is InChI=1S/C28H21N3O4S/c1-18-15-22(16-23(17-29)20-3-5-21(6-4-20)28(32)33)19(2)30(18)24-7-11-26(12-8-24)36-27-13-9-25(10-14-27)31(34)35/h3-16H,1-2H3,(H,32,33). The number of benzene rings is 3. The summed E-state index contributed by atoms with van der Waals surface area (Å²) in [7, 11) is 0. The largest absolute Gasteiger partial charge is 0.478 e. The molecule has 7 nitrogen and oxygen atoms in total. The molecule has 178 valence electrons. The van der Waals surface area contributed by atoms with Gasteiger partial charge >= 0.3 is 5.97 Å². The molecular weight excluding hydrogens is 474 g/mol. The molecule has 0 fully saturated rings. The molecule has 4 aromatic rings. The van der Waals surface area contributed by atoms with Crippen LogP contribution in [0, 0.1) is 35.3 Å². The number of hydrogen-bond acceptors (Lipinski definition) is 5. The second kappa shape index (κ2) is 10.3. The minimum atomic E-state index is -1.01. The predicted molar refractivity (Wildman–Crippen MR) is 139 cm³/mol. The van der Waals surface area contributed by atoms with Gasteiger partial charge in [0.05, 0.1) is 22.1 Å². The molecule has 0 aliphatic carbocycles. The van der Waals surface area contributed by atoms with E-state index < -0.39 is 10.9 Å². The topological polar surface area (TPSA) is 109 Å². The quantitative estimate of drug-likeness (QED) is 0.169. The van der Waals surface area contributed by atoms with Crippen LogP contribution in [0.1, 0.15) is 32.9 Å². The Hall–Kier alpha value is -4.61. The molecule has 1 aromatic heterocycles. The van der Waals surface area contributed by atoms with Crippen LogP contribution in [0.15, 0.2) is 88.7 Å². The maximum Gasteiger partial charge on any atom is 0.335 e. The van der Waals surface area contributed by atoms with Crippen molar-refractivity contribution in [3.63, 3.8) is 0 Å². The van der Waals surface area contributed by atoms with Gasteiger partial charge in [-0.1, -0.05) is 23.9 Å². The van der Waals surface area contributed by atoms with E-state index in [4.69, 9.17) is 5.11 Å². The first-order valence-electron chi connectivity index (χ1n) is 10.9. The second-order valence-corrected chi connectivity index (χ2v) is 9.21. The van der Waals surface area contributed by atoms with Crippen molar-refractivity contribution in [2.45, 2.75) is 23.6 Å². The Balaban J connectivity index is 1.58. The first kappa shape index (κ1) is 24.5. The van der Waals surface area contributed by atoms with Crippen LogP contribution in [0.25, 0.3) is 17.3 Å². The molecule has 0 unspecified atom stereocenters. The molecule has 0 radical (unpaired) electrons. The fraction of sp³-hybridized carbons (Fsp3) is 0.0714. The number of nitriles is 1. The van der Waals surface area contributed by atoms with Crippen LogP contribution in [0.5, 0.6) is 0 Å². The zero-order valence-corrected chi connectivity index (χ0v) is 20.3. The third-order valence-corrected chi connectivity index (χ3v) is 6.73. The summed E-state index contributed by atoms with van der Waals surface area (Å²) in [5.41, 5.74) is 5.19. The van der Waals surface area contributed by atoms with Crippen molar-refractivity contribution in [2.75, 3.05) is 0 Å². The summed E-state index contributed by atoms with van der Waals surface area (Å²) in [6, 6.07) is 25.0. The molecule has 0 saturated heterocycles. The molecule has 0 amide bonds. The molecule has 0 aliphatic heterocycles. The van der Waals surface area contributed by atoms with Gasteiger partial charge in [-0.15, -0.1) is 0 Å². The van der Waals surface area contributed by atoms with E-state index in [-0.39, 0.29) is 11.3 Å². The SMILES string of the molecule is Cc1cc(C=C(C#N)c2ccc(C(=O)O)cc2)c(C)n1-c1ccc(Sc2ccc([N+](=O)[O-])cc2)cc1. The number of aromatic carboxylic acids is 1. The minimum absolute atomic E-state index is 0.0648. The lowest BCUT2D eigenvalue weighted by Crippen LogP contribution is -1.99. The number of allylic oxidation sites excluding steroid dienone is 1. The first-order valence-corrected chi connectivity index (χ1v) is 11.8. The van der Waals surface area contributed by atoms with E-state index in [1.165, 1.54) is 36.0 Å². The number of carboxylic acids is 1. The zero-order valence-electron chi connectivity index (χ0n) is 19.5. The molecule has 1 N–H and O–H groups in total. The highest BCUT2D eigenvalue weighted by Crippen LogP contribution is 2.31. The van der Waals surface area contributed by atoms with E-state index in [0.717, 1.165) is 32.4 Å². The lowest BCUT2D eigenvalue weighted by atomic mass is 10.0. The number of non-ortho nitro benzene ring substituents is 1. The first-order chi connectivity index (χ1) is 17.3. The summed E-state index contributed by atoms with van der Waals surface area (Å²) in [4.78, 5) is 23.4. The van der Waals surface area contributed by atoms with E-state index in [0.29, 0.717) is 11.1 Å². The van der Waals surface area contributed by atoms with Crippen LogP contribution >= 0.6 is 11.8 Å². The molecule has 0 atom stereocenters. The van der Waals surface area contributed by atoms with Gasteiger partial charge in [0.15, 0.2) is 0 Å². The Labute approximate surface area is 212 Å². The van der Waals surface area contributed by atoms with E-state index in [1.807, 2.05) is 50.3 Å². The van der Waals surface area contributed by atoms with Gasteiger partial charge in [0, 0.05) is 39.0 Å². The lowest BCUT2D eigenvalue weighted by molar-refractivity contribution is -0.384. The highest BCUT2D eigenvalue weighted by atomic mass is 32.2. The number of aryl methyl sites for hydroxylation is 1. The van der Waals surface area contributed by atoms with Gasteiger partial charge in [-0.25, -0.2) is 4.79 Å². The van der Waals surface area contributed by atoms with Crippen LogP contribution < -0.4 is 0 Å². The van der Waals surface area contributed by atoms with Crippen LogP contribution in [0.2, 0.25) is 0 Å². The van der Waals surface area contributed by atoms with Gasteiger partial charge < -0.3 is 9.67 Å². The number of rotatable bonds is 7. The third-order valence-electron chi connectivity index (χ3n) is 5.71. The summed E-state index contributed by atoms with van der Waals surface area (Å²) < 4.78 is 2.11. The van der Waals surface area contributed by atoms with Crippen LogP contribution in [0.3, 0.4) is 0 Å². The van der Waals surface area contributed by atoms with Crippen LogP contribution in [-0.2, 0) is 0 Å². The average Bonchev–Trinajstić information content (AvgIpc) is 3.15. The summed E-state index contributed by atoms with van der Waals surface area (Å²) in [6.45, 7) is 3.98. The van der Waals surface area contributed by atoms with Gasteiger partial charge in [0.25, 0.3) is 5.69 Å². The van der Waals surface area contributed by atoms with Crippen molar-refractivity contribution in [1.82, 2.24) is 4.57 Å². The highest BCUT2D eigenvalue weighted by molar-refractivity contribution is 7.99. The smallest absolute Gasteiger partial charge is 0.335 e. The van der Waals surface area contributed by atoms with Crippen molar-refractivity contribution in [3.05, 3.63) is 117 Å². The number of nitrogens with zero attached hydrogens (tertiary/aromatic N) is 3. The van der Waals surface area contributed by atoms with E-state index in [1.54, 1.807) is 24.3 Å².